The zero-order chi connectivity index (χ0) is 51.4. The van der Waals surface area contributed by atoms with E-state index in [1.54, 1.807) is 0 Å². The Morgan fingerprint density at radius 3 is 0.859 bits per heavy atom. The van der Waals surface area contributed by atoms with E-state index in [0.29, 0.717) is 19.3 Å². The van der Waals surface area contributed by atoms with Crippen molar-refractivity contribution in [3.8, 4) is 0 Å². The molecule has 0 N–H and O–H groups in total. The number of hydrogen-bond acceptors (Lipinski definition) is 6. The summed E-state index contributed by atoms with van der Waals surface area (Å²) in [6, 6.07) is 0. The van der Waals surface area contributed by atoms with Crippen molar-refractivity contribution in [3.63, 3.8) is 0 Å². The largest absolute Gasteiger partial charge is 0.462 e. The highest BCUT2D eigenvalue weighted by Crippen LogP contribution is 2.14. The van der Waals surface area contributed by atoms with Crippen LogP contribution in [0.2, 0.25) is 0 Å². The minimum Gasteiger partial charge on any atom is -0.462 e. The molecule has 0 spiro atoms. The lowest BCUT2D eigenvalue weighted by Gasteiger charge is -2.18. The zero-order valence-corrected chi connectivity index (χ0v) is 45.9. The lowest BCUT2D eigenvalue weighted by Crippen LogP contribution is -2.30. The van der Waals surface area contributed by atoms with E-state index in [-0.39, 0.29) is 31.1 Å². The molecular weight excluding hydrogens is 877 g/mol. The summed E-state index contributed by atoms with van der Waals surface area (Å²) in [6.07, 6.45) is 80.6. The van der Waals surface area contributed by atoms with Gasteiger partial charge < -0.3 is 14.2 Å². The fourth-order valence-electron chi connectivity index (χ4n) is 7.67. The molecule has 0 aliphatic carbocycles. The summed E-state index contributed by atoms with van der Waals surface area (Å²) < 4.78 is 16.8. The van der Waals surface area contributed by atoms with Gasteiger partial charge in [-0.3, -0.25) is 14.4 Å². The Balaban J connectivity index is 4.26. The molecule has 1 unspecified atom stereocenters. The van der Waals surface area contributed by atoms with Crippen molar-refractivity contribution < 1.29 is 28.6 Å². The predicted molar refractivity (Wildman–Crippen MR) is 306 cm³/mol. The fourth-order valence-corrected chi connectivity index (χ4v) is 7.67. The Morgan fingerprint density at radius 1 is 0.296 bits per heavy atom. The van der Waals surface area contributed by atoms with E-state index in [2.05, 4.69) is 142 Å². The maximum absolute atomic E-state index is 12.8. The van der Waals surface area contributed by atoms with Gasteiger partial charge in [0.25, 0.3) is 0 Å². The van der Waals surface area contributed by atoms with E-state index >= 15 is 0 Å². The number of rotatable bonds is 51. The smallest absolute Gasteiger partial charge is 0.306 e. The highest BCUT2D eigenvalue weighted by atomic mass is 16.6. The lowest BCUT2D eigenvalue weighted by molar-refractivity contribution is -0.167. The molecule has 0 fully saturated rings. The molecule has 0 aromatic heterocycles. The number of esters is 3. The average molecular weight is 984 g/mol. The molecule has 402 valence electrons. The van der Waals surface area contributed by atoms with Crippen molar-refractivity contribution in [2.75, 3.05) is 13.2 Å². The van der Waals surface area contributed by atoms with Crippen LogP contribution in [0, 0.1) is 0 Å². The van der Waals surface area contributed by atoms with Crippen LogP contribution in [0.4, 0.5) is 0 Å². The SMILES string of the molecule is CC/C=C\C/C=C\C/C=C\C/C=C\C/C=C\C/C=C\CCCCCCCCC(=O)OCC(COC(=O)CCCCCCCCC)OC(=O)CCCCCCCCCC/C=C\C/C=C\C/C=C\C/C=C\CC. The topological polar surface area (TPSA) is 78.9 Å². The molecule has 6 heteroatoms. The number of unbranched alkanes of at least 4 members (excludes halogenated alkanes) is 20. The highest BCUT2D eigenvalue weighted by molar-refractivity contribution is 5.71. The second-order valence-electron chi connectivity index (χ2n) is 18.8. The molecular formula is C65H106O6. The van der Waals surface area contributed by atoms with Crippen LogP contribution in [-0.4, -0.2) is 37.2 Å². The summed E-state index contributed by atoms with van der Waals surface area (Å²) in [4.78, 5) is 38.0. The van der Waals surface area contributed by atoms with E-state index in [9.17, 15) is 14.4 Å². The minimum absolute atomic E-state index is 0.0881. The van der Waals surface area contributed by atoms with Gasteiger partial charge in [0.2, 0.25) is 0 Å². The Hall–Kier alpha value is -4.19. The lowest BCUT2D eigenvalue weighted by atomic mass is 10.1. The third-order valence-corrected chi connectivity index (χ3v) is 12.0. The maximum Gasteiger partial charge on any atom is 0.306 e. The summed E-state index contributed by atoms with van der Waals surface area (Å²) in [6.45, 7) is 6.35. The molecule has 0 aliphatic heterocycles. The number of allylic oxidation sites excluding steroid dienone is 20. The molecule has 0 heterocycles. The van der Waals surface area contributed by atoms with Crippen LogP contribution in [0.5, 0.6) is 0 Å². The highest BCUT2D eigenvalue weighted by Gasteiger charge is 2.19. The van der Waals surface area contributed by atoms with E-state index in [4.69, 9.17) is 14.2 Å². The fraction of sp³-hybridized carbons (Fsp3) is 0.646. The monoisotopic (exact) mass is 983 g/mol. The number of carbonyl (C=O) groups excluding carboxylic acids is 3. The van der Waals surface area contributed by atoms with Crippen LogP contribution in [-0.2, 0) is 28.6 Å². The quantitative estimate of drug-likeness (QED) is 0.0261. The summed E-state index contributed by atoms with van der Waals surface area (Å²) >= 11 is 0. The van der Waals surface area contributed by atoms with Gasteiger partial charge in [0.15, 0.2) is 6.10 Å². The van der Waals surface area contributed by atoms with Gasteiger partial charge in [-0.05, 0) is 109 Å². The second-order valence-corrected chi connectivity index (χ2v) is 18.8. The van der Waals surface area contributed by atoms with Crippen molar-refractivity contribution in [1.29, 1.82) is 0 Å². The van der Waals surface area contributed by atoms with Gasteiger partial charge in [-0.25, -0.2) is 0 Å². The van der Waals surface area contributed by atoms with Crippen LogP contribution in [0.1, 0.15) is 252 Å². The molecule has 0 aromatic rings. The van der Waals surface area contributed by atoms with Crippen LogP contribution in [0.15, 0.2) is 122 Å². The summed E-state index contributed by atoms with van der Waals surface area (Å²) in [5.41, 5.74) is 0. The van der Waals surface area contributed by atoms with E-state index in [1.807, 2.05) is 0 Å². The second kappa shape index (κ2) is 58.4. The summed E-state index contributed by atoms with van der Waals surface area (Å²) in [5, 5.41) is 0. The maximum atomic E-state index is 12.8. The minimum atomic E-state index is -0.790. The van der Waals surface area contributed by atoms with Gasteiger partial charge in [0.1, 0.15) is 13.2 Å². The van der Waals surface area contributed by atoms with E-state index in [0.717, 1.165) is 141 Å². The summed E-state index contributed by atoms with van der Waals surface area (Å²) in [7, 11) is 0. The van der Waals surface area contributed by atoms with Gasteiger partial charge >= 0.3 is 17.9 Å². The van der Waals surface area contributed by atoms with Crippen LogP contribution in [0.3, 0.4) is 0 Å². The van der Waals surface area contributed by atoms with E-state index in [1.165, 1.54) is 70.6 Å². The number of ether oxygens (including phenoxy) is 3. The first-order chi connectivity index (χ1) is 35.0. The summed E-state index contributed by atoms with van der Waals surface area (Å²) in [5.74, 6) is -0.920. The van der Waals surface area contributed by atoms with Gasteiger partial charge in [-0.15, -0.1) is 0 Å². The van der Waals surface area contributed by atoms with Crippen LogP contribution >= 0.6 is 0 Å². The van der Waals surface area contributed by atoms with Gasteiger partial charge in [0, 0.05) is 19.3 Å². The molecule has 0 aromatic carbocycles. The third-order valence-electron chi connectivity index (χ3n) is 12.0. The van der Waals surface area contributed by atoms with Crippen molar-refractivity contribution in [3.05, 3.63) is 122 Å². The molecule has 0 rings (SSSR count). The molecule has 0 saturated heterocycles. The first-order valence-corrected chi connectivity index (χ1v) is 29.0. The molecule has 0 aliphatic rings. The Labute approximate surface area is 437 Å². The Bertz CT molecular complexity index is 1500. The molecule has 0 radical (unpaired) electrons. The van der Waals surface area contributed by atoms with Crippen molar-refractivity contribution in [1.82, 2.24) is 0 Å². The molecule has 0 bridgehead atoms. The average Bonchev–Trinajstić information content (AvgIpc) is 3.37. The standard InChI is InChI=1S/C65H106O6/c1-4-7-10-13-16-18-20-22-24-26-28-30-31-32-33-35-36-38-40-42-44-46-49-52-55-58-64(67)70-61-62(60-69-63(66)57-54-51-48-15-12-9-6-3)71-65(68)59-56-53-50-47-45-43-41-39-37-34-29-27-25-23-21-19-17-14-11-8-5-2/h7-8,10-11,16-19,22-25,28-30,32-34,36,38,62H,4-6,9,12-15,20-21,26-27,31,35,37,39-61H2,1-3H3/b10-7-,11-8-,18-16-,19-17-,24-22-,25-23-,30-28-,33-32-,34-29-,38-36-. The first kappa shape index (κ1) is 66.8. The normalized spacial score (nSPS) is 13.0. The van der Waals surface area contributed by atoms with Crippen molar-refractivity contribution >= 4 is 17.9 Å². The molecule has 0 amide bonds. The molecule has 71 heavy (non-hydrogen) atoms. The van der Waals surface area contributed by atoms with Gasteiger partial charge in [-0.2, -0.15) is 0 Å². The van der Waals surface area contributed by atoms with E-state index < -0.39 is 6.10 Å². The van der Waals surface area contributed by atoms with Gasteiger partial charge in [0.05, 0.1) is 0 Å². The van der Waals surface area contributed by atoms with Crippen molar-refractivity contribution in [2.24, 2.45) is 0 Å². The molecule has 1 atom stereocenters. The zero-order valence-electron chi connectivity index (χ0n) is 45.9. The Kier molecular flexibility index (Phi) is 54.9. The van der Waals surface area contributed by atoms with Crippen molar-refractivity contribution in [2.45, 2.75) is 258 Å². The number of carbonyl (C=O) groups is 3. The first-order valence-electron chi connectivity index (χ1n) is 29.0. The van der Waals surface area contributed by atoms with Gasteiger partial charge in [-0.1, -0.05) is 245 Å². The van der Waals surface area contributed by atoms with Crippen LogP contribution in [0.25, 0.3) is 0 Å². The Morgan fingerprint density at radius 2 is 0.549 bits per heavy atom. The third kappa shape index (κ3) is 56.6. The molecule has 6 nitrogen and oxygen atoms in total. The van der Waals surface area contributed by atoms with Crippen LogP contribution < -0.4 is 0 Å². The predicted octanol–water partition coefficient (Wildman–Crippen LogP) is 19.6. The molecule has 0 saturated carbocycles. The number of hydrogen-bond donors (Lipinski definition) is 0.